The van der Waals surface area contributed by atoms with Crippen LogP contribution in [0.2, 0.25) is 0 Å². The van der Waals surface area contributed by atoms with E-state index in [1.807, 2.05) is 17.9 Å². The van der Waals surface area contributed by atoms with Crippen molar-refractivity contribution in [2.45, 2.75) is 32.1 Å². The summed E-state index contributed by atoms with van der Waals surface area (Å²) in [5.74, 6) is 0.501. The van der Waals surface area contributed by atoms with Gasteiger partial charge in [-0.05, 0) is 24.8 Å². The summed E-state index contributed by atoms with van der Waals surface area (Å²) < 4.78 is 1.83. The van der Waals surface area contributed by atoms with E-state index in [4.69, 9.17) is 11.6 Å². The van der Waals surface area contributed by atoms with Gasteiger partial charge >= 0.3 is 0 Å². The van der Waals surface area contributed by atoms with Crippen LogP contribution in [0.1, 0.15) is 26.0 Å². The molecule has 0 N–H and O–H groups in total. The Morgan fingerprint density at radius 1 is 1.62 bits per heavy atom. The number of nitrogens with zero attached hydrogens (tertiary/aromatic N) is 2. The van der Waals surface area contributed by atoms with Crippen LogP contribution in [-0.4, -0.2) is 15.2 Å². The van der Waals surface area contributed by atoms with Gasteiger partial charge in [0.05, 0.1) is 5.69 Å². The normalized spacial score (nSPS) is 15.7. The third-order valence-corrected chi connectivity index (χ3v) is 3.05. The number of rotatable bonds is 4. The van der Waals surface area contributed by atoms with Gasteiger partial charge in [0.15, 0.2) is 0 Å². The number of aryl methyl sites for hydroxylation is 1. The van der Waals surface area contributed by atoms with E-state index in [0.717, 1.165) is 18.5 Å². The molecule has 0 aliphatic heterocycles. The molecule has 0 bridgehead atoms. The van der Waals surface area contributed by atoms with E-state index in [2.05, 4.69) is 25.0 Å². The highest BCUT2D eigenvalue weighted by atomic mass is 35.5. The zero-order chi connectivity index (χ0) is 9.84. The van der Waals surface area contributed by atoms with Crippen molar-refractivity contribution in [1.82, 2.24) is 9.78 Å². The number of hydrogen-bond donors (Lipinski definition) is 0. The molecule has 1 aromatic heterocycles. The van der Waals surface area contributed by atoms with Crippen LogP contribution in [0, 0.1) is 5.92 Å². The number of halogens is 1. The number of hydrogen-bond acceptors (Lipinski definition) is 1. The van der Waals surface area contributed by atoms with E-state index >= 15 is 0 Å². The molecule has 1 heterocycles. The molecule has 2 nitrogen and oxygen atoms in total. The minimum atomic E-state index is 0.266. The lowest BCUT2D eigenvalue weighted by atomic mass is 10.00. The lowest BCUT2D eigenvalue weighted by Gasteiger charge is -2.14. The largest absolute Gasteiger partial charge is 0.276 e. The first-order valence-electron chi connectivity index (χ1n) is 4.76. The molecular weight excluding hydrogens is 184 g/mol. The van der Waals surface area contributed by atoms with Crippen molar-refractivity contribution >= 4 is 11.6 Å². The van der Waals surface area contributed by atoms with E-state index in [0.29, 0.717) is 5.92 Å². The fraction of sp³-hybridized carbons (Fsp3) is 0.700. The van der Waals surface area contributed by atoms with Crippen LogP contribution in [0.4, 0.5) is 0 Å². The summed E-state index contributed by atoms with van der Waals surface area (Å²) in [5.41, 5.74) is 1.13. The van der Waals surface area contributed by atoms with Crippen molar-refractivity contribution in [2.75, 3.05) is 0 Å². The van der Waals surface area contributed by atoms with Gasteiger partial charge in [-0.25, -0.2) is 0 Å². The number of aromatic nitrogens is 2. The Kier molecular flexibility index (Phi) is 3.79. The monoisotopic (exact) mass is 200 g/mol. The fourth-order valence-corrected chi connectivity index (χ4v) is 1.52. The topological polar surface area (TPSA) is 17.8 Å². The Morgan fingerprint density at radius 2 is 2.31 bits per heavy atom. The predicted octanol–water partition coefficient (Wildman–Crippen LogP) is 2.62. The van der Waals surface area contributed by atoms with Crippen LogP contribution < -0.4 is 0 Å². The van der Waals surface area contributed by atoms with Crippen molar-refractivity contribution in [2.24, 2.45) is 13.0 Å². The van der Waals surface area contributed by atoms with Gasteiger partial charge < -0.3 is 0 Å². The summed E-state index contributed by atoms with van der Waals surface area (Å²) >= 11 is 6.14. The van der Waals surface area contributed by atoms with Gasteiger partial charge in [-0.2, -0.15) is 5.10 Å². The van der Waals surface area contributed by atoms with Crippen molar-refractivity contribution in [3.8, 4) is 0 Å². The molecule has 0 aromatic carbocycles. The molecule has 2 unspecified atom stereocenters. The van der Waals surface area contributed by atoms with Crippen LogP contribution in [0.25, 0.3) is 0 Å². The summed E-state index contributed by atoms with van der Waals surface area (Å²) in [7, 11) is 1.94. The van der Waals surface area contributed by atoms with Crippen LogP contribution in [0.5, 0.6) is 0 Å². The molecule has 0 aliphatic rings. The predicted molar refractivity (Wildman–Crippen MR) is 56.0 cm³/mol. The average Bonchev–Trinajstić information content (AvgIpc) is 2.49. The summed E-state index contributed by atoms with van der Waals surface area (Å²) in [5, 5.41) is 4.59. The van der Waals surface area contributed by atoms with E-state index in [9.17, 15) is 0 Å². The Morgan fingerprint density at radius 3 is 2.77 bits per heavy atom. The van der Waals surface area contributed by atoms with Gasteiger partial charge in [0.1, 0.15) is 0 Å². The number of alkyl halides is 1. The van der Waals surface area contributed by atoms with Crippen LogP contribution in [0.3, 0.4) is 0 Å². The van der Waals surface area contributed by atoms with E-state index < -0.39 is 0 Å². The van der Waals surface area contributed by atoms with Gasteiger partial charge in [-0.1, -0.05) is 13.8 Å². The van der Waals surface area contributed by atoms with Crippen LogP contribution >= 0.6 is 11.6 Å². The Hall–Kier alpha value is -0.500. The van der Waals surface area contributed by atoms with E-state index in [-0.39, 0.29) is 5.38 Å². The average molecular weight is 201 g/mol. The molecule has 1 aromatic rings. The minimum Gasteiger partial charge on any atom is -0.276 e. The molecule has 1 rings (SSSR count). The fourth-order valence-electron chi connectivity index (χ4n) is 1.43. The van der Waals surface area contributed by atoms with Crippen LogP contribution in [0.15, 0.2) is 12.3 Å². The van der Waals surface area contributed by atoms with Crippen molar-refractivity contribution in [1.29, 1.82) is 0 Å². The highest BCUT2D eigenvalue weighted by Gasteiger charge is 2.13. The first-order chi connectivity index (χ1) is 6.13. The summed E-state index contributed by atoms with van der Waals surface area (Å²) in [6, 6.07) is 2.05. The van der Waals surface area contributed by atoms with Gasteiger partial charge in [0, 0.05) is 18.6 Å². The summed E-state index contributed by atoms with van der Waals surface area (Å²) in [6.45, 7) is 4.29. The lowest BCUT2D eigenvalue weighted by molar-refractivity contribution is 0.521. The maximum atomic E-state index is 6.14. The van der Waals surface area contributed by atoms with Crippen molar-refractivity contribution < 1.29 is 0 Å². The maximum absolute atomic E-state index is 6.14. The van der Waals surface area contributed by atoms with Gasteiger partial charge in [-0.15, -0.1) is 11.6 Å². The second kappa shape index (κ2) is 4.66. The molecule has 74 valence electrons. The molecule has 13 heavy (non-hydrogen) atoms. The molecule has 0 radical (unpaired) electrons. The molecule has 0 saturated carbocycles. The minimum absolute atomic E-state index is 0.266. The second-order valence-corrected chi connectivity index (χ2v) is 4.15. The molecule has 0 amide bonds. The molecule has 0 spiro atoms. The molecule has 3 heteroatoms. The molecule has 0 saturated heterocycles. The summed E-state index contributed by atoms with van der Waals surface area (Å²) in [6.07, 6.45) is 3.97. The smallest absolute Gasteiger partial charge is 0.0627 e. The SMILES string of the molecule is CCC(Cl)C(C)Cc1ccn(C)n1. The quantitative estimate of drug-likeness (QED) is 0.684. The first-order valence-corrected chi connectivity index (χ1v) is 5.19. The zero-order valence-corrected chi connectivity index (χ0v) is 9.25. The van der Waals surface area contributed by atoms with Gasteiger partial charge in [0.2, 0.25) is 0 Å². The Balaban J connectivity index is 2.49. The van der Waals surface area contributed by atoms with Crippen molar-refractivity contribution in [3.05, 3.63) is 18.0 Å². The Bertz CT molecular complexity index is 257. The first kappa shape index (κ1) is 10.6. The van der Waals surface area contributed by atoms with Gasteiger partial charge in [-0.3, -0.25) is 4.68 Å². The second-order valence-electron chi connectivity index (χ2n) is 3.59. The van der Waals surface area contributed by atoms with Gasteiger partial charge in [0.25, 0.3) is 0 Å². The highest BCUT2D eigenvalue weighted by molar-refractivity contribution is 6.20. The van der Waals surface area contributed by atoms with Crippen LogP contribution in [-0.2, 0) is 13.5 Å². The molecule has 0 fully saturated rings. The third-order valence-electron chi connectivity index (χ3n) is 2.31. The van der Waals surface area contributed by atoms with Crippen molar-refractivity contribution in [3.63, 3.8) is 0 Å². The van der Waals surface area contributed by atoms with E-state index in [1.165, 1.54) is 0 Å². The molecule has 0 aliphatic carbocycles. The summed E-state index contributed by atoms with van der Waals surface area (Å²) in [4.78, 5) is 0. The third kappa shape index (κ3) is 3.03. The molecule has 2 atom stereocenters. The Labute approximate surface area is 84.9 Å². The lowest BCUT2D eigenvalue weighted by Crippen LogP contribution is -2.13. The maximum Gasteiger partial charge on any atom is 0.0627 e. The standard InChI is InChI=1S/C10H17ClN2/c1-4-10(11)8(2)7-9-5-6-13(3)12-9/h5-6,8,10H,4,7H2,1-3H3. The van der Waals surface area contributed by atoms with E-state index in [1.54, 1.807) is 0 Å². The molecular formula is C10H17ClN2. The zero-order valence-electron chi connectivity index (χ0n) is 8.50. The highest BCUT2D eigenvalue weighted by Crippen LogP contribution is 2.17.